The van der Waals surface area contributed by atoms with Crippen LogP contribution in [0.4, 0.5) is 0 Å². The van der Waals surface area contributed by atoms with Crippen LogP contribution in [0.2, 0.25) is 0 Å². The molecule has 1 aromatic rings. The van der Waals surface area contributed by atoms with Crippen molar-refractivity contribution in [1.82, 2.24) is 15.2 Å². The van der Waals surface area contributed by atoms with E-state index < -0.39 is 0 Å². The number of aryl methyl sites for hydroxylation is 1. The van der Waals surface area contributed by atoms with E-state index >= 15 is 0 Å². The summed E-state index contributed by atoms with van der Waals surface area (Å²) in [4.78, 5) is 18.9. The van der Waals surface area contributed by atoms with Crippen molar-refractivity contribution in [2.75, 3.05) is 26.2 Å². The monoisotopic (exact) mass is 296 g/mol. The van der Waals surface area contributed by atoms with Crippen molar-refractivity contribution in [2.45, 2.75) is 32.7 Å². The molecule has 1 atom stereocenters. The highest BCUT2D eigenvalue weighted by Gasteiger charge is 2.25. The SMILES string of the molecule is CCc1nc(CN2CCCC(C(=O)NCCN)C2)cs1. The molecule has 1 aromatic heterocycles. The minimum Gasteiger partial charge on any atom is -0.355 e. The van der Waals surface area contributed by atoms with E-state index in [1.165, 1.54) is 5.01 Å². The molecule has 1 aliphatic rings. The first-order valence-corrected chi connectivity index (χ1v) is 8.24. The maximum atomic E-state index is 12.0. The summed E-state index contributed by atoms with van der Waals surface area (Å²) in [5.41, 5.74) is 6.55. The van der Waals surface area contributed by atoms with Crippen LogP contribution in [-0.2, 0) is 17.8 Å². The van der Waals surface area contributed by atoms with Crippen LogP contribution in [0.25, 0.3) is 0 Å². The van der Waals surface area contributed by atoms with Crippen LogP contribution in [0.5, 0.6) is 0 Å². The van der Waals surface area contributed by atoms with Crippen LogP contribution in [0.15, 0.2) is 5.38 Å². The molecule has 0 spiro atoms. The third-order valence-electron chi connectivity index (χ3n) is 3.61. The summed E-state index contributed by atoms with van der Waals surface area (Å²) in [6, 6.07) is 0. The van der Waals surface area contributed by atoms with Crippen LogP contribution >= 0.6 is 11.3 Å². The molecule has 0 radical (unpaired) electrons. The molecule has 6 heteroatoms. The Kier molecular flexibility index (Phi) is 5.94. The summed E-state index contributed by atoms with van der Waals surface area (Å²) in [6.45, 7) is 5.94. The number of hydrogen-bond acceptors (Lipinski definition) is 5. The van der Waals surface area contributed by atoms with E-state index in [0.29, 0.717) is 13.1 Å². The summed E-state index contributed by atoms with van der Waals surface area (Å²) in [7, 11) is 0. The number of nitrogens with zero attached hydrogens (tertiary/aromatic N) is 2. The molecule has 1 fully saturated rings. The van der Waals surface area contributed by atoms with E-state index in [0.717, 1.165) is 44.6 Å². The fourth-order valence-electron chi connectivity index (χ4n) is 2.57. The van der Waals surface area contributed by atoms with Crippen molar-refractivity contribution in [3.8, 4) is 0 Å². The van der Waals surface area contributed by atoms with Crippen LogP contribution in [0.3, 0.4) is 0 Å². The number of piperidine rings is 1. The van der Waals surface area contributed by atoms with Gasteiger partial charge in [-0.2, -0.15) is 0 Å². The van der Waals surface area contributed by atoms with Gasteiger partial charge in [0.25, 0.3) is 0 Å². The van der Waals surface area contributed by atoms with Crippen LogP contribution < -0.4 is 11.1 Å². The van der Waals surface area contributed by atoms with Crippen molar-refractivity contribution >= 4 is 17.2 Å². The molecule has 5 nitrogen and oxygen atoms in total. The Balaban J connectivity index is 1.85. The quantitative estimate of drug-likeness (QED) is 0.821. The predicted octanol–water partition coefficient (Wildman–Crippen LogP) is 0.992. The van der Waals surface area contributed by atoms with Gasteiger partial charge in [-0.05, 0) is 25.8 Å². The predicted molar refractivity (Wildman–Crippen MR) is 81.6 cm³/mol. The van der Waals surface area contributed by atoms with E-state index in [-0.39, 0.29) is 11.8 Å². The molecular formula is C14H24N4OS. The highest BCUT2D eigenvalue weighted by molar-refractivity contribution is 7.09. The fraction of sp³-hybridized carbons (Fsp3) is 0.714. The van der Waals surface area contributed by atoms with Gasteiger partial charge >= 0.3 is 0 Å². The van der Waals surface area contributed by atoms with E-state index in [9.17, 15) is 4.79 Å². The van der Waals surface area contributed by atoms with E-state index in [1.807, 2.05) is 0 Å². The van der Waals surface area contributed by atoms with Crippen molar-refractivity contribution in [2.24, 2.45) is 11.7 Å². The first kappa shape index (κ1) is 15.4. The van der Waals surface area contributed by atoms with Crippen LogP contribution in [0, 0.1) is 5.92 Å². The Bertz CT molecular complexity index is 435. The highest BCUT2D eigenvalue weighted by atomic mass is 32.1. The molecule has 1 saturated heterocycles. The lowest BCUT2D eigenvalue weighted by molar-refractivity contribution is -0.126. The number of hydrogen-bond donors (Lipinski definition) is 2. The molecule has 1 aliphatic heterocycles. The van der Waals surface area contributed by atoms with Crippen molar-refractivity contribution < 1.29 is 4.79 Å². The number of nitrogens with one attached hydrogen (secondary N) is 1. The molecule has 112 valence electrons. The Morgan fingerprint density at radius 3 is 3.20 bits per heavy atom. The number of aromatic nitrogens is 1. The lowest BCUT2D eigenvalue weighted by Gasteiger charge is -2.31. The van der Waals surface area contributed by atoms with E-state index in [2.05, 4.69) is 27.5 Å². The maximum Gasteiger partial charge on any atom is 0.224 e. The summed E-state index contributed by atoms with van der Waals surface area (Å²) >= 11 is 1.73. The number of thiazole rings is 1. The molecule has 0 bridgehead atoms. The van der Waals surface area contributed by atoms with Gasteiger partial charge in [-0.25, -0.2) is 4.98 Å². The van der Waals surface area contributed by atoms with E-state index in [4.69, 9.17) is 5.73 Å². The van der Waals surface area contributed by atoms with Crippen LogP contribution in [0.1, 0.15) is 30.5 Å². The van der Waals surface area contributed by atoms with Gasteiger partial charge in [0, 0.05) is 31.6 Å². The van der Waals surface area contributed by atoms with E-state index in [1.54, 1.807) is 11.3 Å². The summed E-state index contributed by atoms with van der Waals surface area (Å²) in [5.74, 6) is 0.243. The second-order valence-electron chi connectivity index (χ2n) is 5.24. The first-order valence-electron chi connectivity index (χ1n) is 7.36. The number of nitrogens with two attached hydrogens (primary N) is 1. The number of likely N-dealkylation sites (tertiary alicyclic amines) is 1. The van der Waals surface area contributed by atoms with Crippen LogP contribution in [-0.4, -0.2) is 42.0 Å². The van der Waals surface area contributed by atoms with Gasteiger partial charge in [-0.15, -0.1) is 11.3 Å². The number of carbonyl (C=O) groups is 1. The fourth-order valence-corrected chi connectivity index (χ4v) is 3.30. The normalized spacial score (nSPS) is 20.0. The standard InChI is InChI=1S/C14H24N4OS/c1-2-13-17-12(10-20-13)9-18-7-3-4-11(8-18)14(19)16-6-5-15/h10-11H,2-9,15H2,1H3,(H,16,19). The molecule has 2 heterocycles. The van der Waals surface area contributed by atoms with Crippen molar-refractivity contribution in [3.63, 3.8) is 0 Å². The Hall–Kier alpha value is -0.980. The second-order valence-corrected chi connectivity index (χ2v) is 6.18. The maximum absolute atomic E-state index is 12.0. The Morgan fingerprint density at radius 1 is 1.65 bits per heavy atom. The van der Waals surface area contributed by atoms with Crippen molar-refractivity contribution in [1.29, 1.82) is 0 Å². The first-order chi connectivity index (χ1) is 9.72. The van der Waals surface area contributed by atoms with Gasteiger partial charge in [0.2, 0.25) is 5.91 Å². The highest BCUT2D eigenvalue weighted by Crippen LogP contribution is 2.19. The minimum absolute atomic E-state index is 0.0968. The zero-order chi connectivity index (χ0) is 14.4. The second kappa shape index (κ2) is 7.71. The molecule has 0 saturated carbocycles. The van der Waals surface area contributed by atoms with Gasteiger partial charge in [-0.3, -0.25) is 9.69 Å². The summed E-state index contributed by atoms with van der Waals surface area (Å²) in [5, 5.41) is 6.22. The molecule has 1 amide bonds. The third kappa shape index (κ3) is 4.26. The minimum atomic E-state index is 0.0968. The zero-order valence-electron chi connectivity index (χ0n) is 12.1. The largest absolute Gasteiger partial charge is 0.355 e. The molecule has 0 aromatic carbocycles. The average Bonchev–Trinajstić information content (AvgIpc) is 2.92. The number of rotatable bonds is 6. The smallest absolute Gasteiger partial charge is 0.224 e. The summed E-state index contributed by atoms with van der Waals surface area (Å²) in [6.07, 6.45) is 3.05. The Labute approximate surface area is 124 Å². The topological polar surface area (TPSA) is 71.2 Å². The number of amides is 1. The van der Waals surface area contributed by atoms with Gasteiger partial charge in [-0.1, -0.05) is 6.92 Å². The molecule has 3 N–H and O–H groups in total. The van der Waals surface area contributed by atoms with Gasteiger partial charge in [0.05, 0.1) is 16.6 Å². The lowest BCUT2D eigenvalue weighted by Crippen LogP contribution is -2.43. The van der Waals surface area contributed by atoms with Gasteiger partial charge in [0.15, 0.2) is 0 Å². The van der Waals surface area contributed by atoms with Crippen molar-refractivity contribution in [3.05, 3.63) is 16.1 Å². The van der Waals surface area contributed by atoms with Gasteiger partial charge < -0.3 is 11.1 Å². The van der Waals surface area contributed by atoms with Gasteiger partial charge in [0.1, 0.15) is 0 Å². The molecule has 2 rings (SSSR count). The average molecular weight is 296 g/mol. The number of carbonyl (C=O) groups excluding carboxylic acids is 1. The Morgan fingerprint density at radius 2 is 2.50 bits per heavy atom. The molecular weight excluding hydrogens is 272 g/mol. The molecule has 20 heavy (non-hydrogen) atoms. The molecule has 1 unspecified atom stereocenters. The third-order valence-corrected chi connectivity index (χ3v) is 4.65. The molecule has 0 aliphatic carbocycles. The lowest BCUT2D eigenvalue weighted by atomic mass is 9.97. The summed E-state index contributed by atoms with van der Waals surface area (Å²) < 4.78 is 0. The zero-order valence-corrected chi connectivity index (χ0v) is 12.9.